The number of hydrogen-bond acceptors (Lipinski definition) is 5. The number of benzene rings is 1. The SMILES string of the molecule is c1ccc2c(c1)CNCC2c1nc(C2CCOC2)no1. The van der Waals surface area contributed by atoms with E-state index in [2.05, 4.69) is 39.7 Å². The van der Waals surface area contributed by atoms with Crippen molar-refractivity contribution in [2.45, 2.75) is 24.8 Å². The van der Waals surface area contributed by atoms with Crippen molar-refractivity contribution in [2.75, 3.05) is 19.8 Å². The van der Waals surface area contributed by atoms with Crippen LogP contribution < -0.4 is 5.32 Å². The van der Waals surface area contributed by atoms with Gasteiger partial charge in [-0.2, -0.15) is 4.98 Å². The van der Waals surface area contributed by atoms with Gasteiger partial charge in [-0.05, 0) is 17.5 Å². The second-order valence-corrected chi connectivity index (χ2v) is 5.43. The van der Waals surface area contributed by atoms with E-state index >= 15 is 0 Å². The molecule has 2 unspecified atom stereocenters. The summed E-state index contributed by atoms with van der Waals surface area (Å²) in [5.74, 6) is 1.95. The van der Waals surface area contributed by atoms with Crippen LogP contribution in [0.25, 0.3) is 0 Å². The van der Waals surface area contributed by atoms with Gasteiger partial charge in [0.05, 0.1) is 12.5 Å². The molecule has 2 atom stereocenters. The fourth-order valence-electron chi connectivity index (χ4n) is 3.01. The molecular formula is C15H17N3O2. The van der Waals surface area contributed by atoms with Crippen molar-refractivity contribution in [3.8, 4) is 0 Å². The normalized spacial score (nSPS) is 25.6. The van der Waals surface area contributed by atoms with Gasteiger partial charge in [0, 0.05) is 25.6 Å². The average molecular weight is 271 g/mol. The Morgan fingerprint density at radius 3 is 3.10 bits per heavy atom. The predicted octanol–water partition coefficient (Wildman–Crippen LogP) is 1.81. The Balaban J connectivity index is 1.65. The minimum absolute atomic E-state index is 0.156. The highest BCUT2D eigenvalue weighted by Crippen LogP contribution is 2.30. The van der Waals surface area contributed by atoms with E-state index in [4.69, 9.17) is 9.26 Å². The van der Waals surface area contributed by atoms with Crippen LogP contribution in [0, 0.1) is 0 Å². The maximum Gasteiger partial charge on any atom is 0.235 e. The van der Waals surface area contributed by atoms with Crippen molar-refractivity contribution in [3.05, 3.63) is 47.1 Å². The highest BCUT2D eigenvalue weighted by molar-refractivity contribution is 5.35. The molecule has 0 saturated carbocycles. The van der Waals surface area contributed by atoms with Gasteiger partial charge in [-0.3, -0.25) is 0 Å². The smallest absolute Gasteiger partial charge is 0.235 e. The highest BCUT2D eigenvalue weighted by Gasteiger charge is 2.29. The summed E-state index contributed by atoms with van der Waals surface area (Å²) in [6.45, 7) is 3.25. The van der Waals surface area contributed by atoms with E-state index in [1.165, 1.54) is 11.1 Å². The molecule has 5 nitrogen and oxygen atoms in total. The van der Waals surface area contributed by atoms with Gasteiger partial charge in [-0.25, -0.2) is 0 Å². The van der Waals surface area contributed by atoms with Crippen molar-refractivity contribution in [2.24, 2.45) is 0 Å². The minimum atomic E-state index is 0.156. The molecule has 5 heteroatoms. The molecule has 1 N–H and O–H groups in total. The topological polar surface area (TPSA) is 60.2 Å². The maximum atomic E-state index is 5.52. The molecular weight excluding hydrogens is 254 g/mol. The number of nitrogens with zero attached hydrogens (tertiary/aromatic N) is 2. The van der Waals surface area contributed by atoms with Crippen LogP contribution in [0.2, 0.25) is 0 Å². The molecule has 2 aromatic rings. The Morgan fingerprint density at radius 1 is 1.25 bits per heavy atom. The minimum Gasteiger partial charge on any atom is -0.381 e. The lowest BCUT2D eigenvalue weighted by molar-refractivity contribution is 0.192. The first-order valence-electron chi connectivity index (χ1n) is 7.11. The molecule has 2 aliphatic rings. The molecule has 1 fully saturated rings. The summed E-state index contributed by atoms with van der Waals surface area (Å²) >= 11 is 0. The molecule has 0 bridgehead atoms. The number of aromatic nitrogens is 2. The van der Waals surface area contributed by atoms with E-state index in [0.717, 1.165) is 31.9 Å². The van der Waals surface area contributed by atoms with Crippen LogP contribution in [0.15, 0.2) is 28.8 Å². The van der Waals surface area contributed by atoms with Crippen molar-refractivity contribution in [1.29, 1.82) is 0 Å². The molecule has 0 amide bonds. The molecule has 3 heterocycles. The van der Waals surface area contributed by atoms with E-state index in [1.807, 2.05) is 0 Å². The number of ether oxygens (including phenoxy) is 1. The molecule has 1 aromatic carbocycles. The summed E-state index contributed by atoms with van der Waals surface area (Å²) in [6, 6.07) is 8.44. The maximum absolute atomic E-state index is 5.52. The van der Waals surface area contributed by atoms with Gasteiger partial charge in [0.15, 0.2) is 5.82 Å². The molecule has 0 aliphatic carbocycles. The van der Waals surface area contributed by atoms with Crippen LogP contribution in [0.4, 0.5) is 0 Å². The van der Waals surface area contributed by atoms with Gasteiger partial charge < -0.3 is 14.6 Å². The standard InChI is InChI=1S/C15H17N3O2/c1-2-4-12-10(3-1)7-16-8-13(12)15-17-14(18-20-15)11-5-6-19-9-11/h1-4,11,13,16H,5-9H2. The zero-order chi connectivity index (χ0) is 13.4. The third-order valence-corrected chi connectivity index (χ3v) is 4.14. The third-order valence-electron chi connectivity index (χ3n) is 4.14. The lowest BCUT2D eigenvalue weighted by Gasteiger charge is -2.23. The number of nitrogens with one attached hydrogen (secondary N) is 1. The summed E-state index contributed by atoms with van der Waals surface area (Å²) in [5.41, 5.74) is 2.61. The first-order chi connectivity index (χ1) is 9.92. The van der Waals surface area contributed by atoms with Crippen molar-refractivity contribution in [3.63, 3.8) is 0 Å². The average Bonchev–Trinajstić information content (AvgIpc) is 3.17. The molecule has 20 heavy (non-hydrogen) atoms. The van der Waals surface area contributed by atoms with Gasteiger partial charge >= 0.3 is 0 Å². The molecule has 104 valence electrons. The summed E-state index contributed by atoms with van der Waals surface area (Å²) in [6.07, 6.45) is 0.985. The second-order valence-electron chi connectivity index (χ2n) is 5.43. The zero-order valence-electron chi connectivity index (χ0n) is 11.2. The number of rotatable bonds is 2. The van der Waals surface area contributed by atoms with Crippen molar-refractivity contribution >= 4 is 0 Å². The Kier molecular flexibility index (Phi) is 3.01. The molecule has 1 aromatic heterocycles. The molecule has 0 radical (unpaired) electrons. The Hall–Kier alpha value is -1.72. The summed E-state index contributed by atoms with van der Waals surface area (Å²) in [4.78, 5) is 4.62. The fraction of sp³-hybridized carbons (Fsp3) is 0.467. The predicted molar refractivity (Wildman–Crippen MR) is 72.5 cm³/mol. The fourth-order valence-corrected chi connectivity index (χ4v) is 3.01. The first-order valence-corrected chi connectivity index (χ1v) is 7.11. The van der Waals surface area contributed by atoms with Crippen LogP contribution in [-0.2, 0) is 11.3 Å². The first kappa shape index (κ1) is 12.1. The summed E-state index contributed by atoms with van der Waals surface area (Å²) in [7, 11) is 0. The third kappa shape index (κ3) is 2.03. The van der Waals surface area contributed by atoms with Crippen LogP contribution >= 0.6 is 0 Å². The van der Waals surface area contributed by atoms with Gasteiger partial charge in [0.1, 0.15) is 0 Å². The molecule has 1 saturated heterocycles. The quantitative estimate of drug-likeness (QED) is 0.902. The lowest BCUT2D eigenvalue weighted by Crippen LogP contribution is -2.28. The van der Waals surface area contributed by atoms with E-state index in [0.29, 0.717) is 18.4 Å². The molecule has 2 aliphatic heterocycles. The number of hydrogen-bond donors (Lipinski definition) is 1. The highest BCUT2D eigenvalue weighted by atomic mass is 16.5. The van der Waals surface area contributed by atoms with Crippen LogP contribution in [0.3, 0.4) is 0 Å². The summed E-state index contributed by atoms with van der Waals surface area (Å²) < 4.78 is 10.9. The van der Waals surface area contributed by atoms with Gasteiger partial charge in [0.25, 0.3) is 0 Å². The Bertz CT molecular complexity index is 605. The van der Waals surface area contributed by atoms with E-state index < -0.39 is 0 Å². The van der Waals surface area contributed by atoms with E-state index in [1.54, 1.807) is 0 Å². The largest absolute Gasteiger partial charge is 0.381 e. The van der Waals surface area contributed by atoms with Crippen molar-refractivity contribution in [1.82, 2.24) is 15.5 Å². The number of fused-ring (bicyclic) bond motifs is 1. The zero-order valence-corrected chi connectivity index (χ0v) is 11.2. The van der Waals surface area contributed by atoms with Gasteiger partial charge in [-0.1, -0.05) is 29.4 Å². The van der Waals surface area contributed by atoms with Crippen molar-refractivity contribution < 1.29 is 9.26 Å². The van der Waals surface area contributed by atoms with Crippen LogP contribution in [0.1, 0.15) is 41.1 Å². The lowest BCUT2D eigenvalue weighted by atomic mass is 9.91. The van der Waals surface area contributed by atoms with Gasteiger partial charge in [0.2, 0.25) is 5.89 Å². The molecule has 0 spiro atoms. The Labute approximate surface area is 117 Å². The van der Waals surface area contributed by atoms with Gasteiger partial charge in [-0.15, -0.1) is 0 Å². The summed E-state index contributed by atoms with van der Waals surface area (Å²) in [5, 5.41) is 7.57. The van der Waals surface area contributed by atoms with Crippen LogP contribution in [-0.4, -0.2) is 29.9 Å². The second kappa shape index (κ2) is 5.00. The Morgan fingerprint density at radius 2 is 2.20 bits per heavy atom. The monoisotopic (exact) mass is 271 g/mol. The van der Waals surface area contributed by atoms with E-state index in [-0.39, 0.29) is 5.92 Å². The molecule has 4 rings (SSSR count). The van der Waals surface area contributed by atoms with E-state index in [9.17, 15) is 0 Å². The van der Waals surface area contributed by atoms with Crippen LogP contribution in [0.5, 0.6) is 0 Å².